The molecular weight excluding hydrogens is 228 g/mol. The number of ether oxygens (including phenoxy) is 1. The van der Waals surface area contributed by atoms with Gasteiger partial charge in [-0.15, -0.1) is 11.3 Å². The van der Waals surface area contributed by atoms with E-state index in [4.69, 9.17) is 10.6 Å². The maximum Gasteiger partial charge on any atom is 0.277 e. The quantitative estimate of drug-likeness (QED) is 0.431. The van der Waals surface area contributed by atoms with Gasteiger partial charge in [-0.1, -0.05) is 0 Å². The third-order valence-corrected chi connectivity index (χ3v) is 2.89. The average Bonchev–Trinajstić information content (AvgIpc) is 2.59. The standard InChI is InChI=1S/C9H16N4O2S/c1-13(2)4-7-11-6(5-15-3)8(16-7)9(14)12-10/h4-5,10H2,1-3H3,(H,12,14). The Morgan fingerprint density at radius 2 is 2.31 bits per heavy atom. The van der Waals surface area contributed by atoms with E-state index in [1.54, 1.807) is 7.11 Å². The van der Waals surface area contributed by atoms with Crippen molar-refractivity contribution in [1.82, 2.24) is 15.3 Å². The van der Waals surface area contributed by atoms with Crippen molar-refractivity contribution in [3.8, 4) is 0 Å². The summed E-state index contributed by atoms with van der Waals surface area (Å²) in [6.07, 6.45) is 0. The lowest BCUT2D eigenvalue weighted by atomic mass is 10.3. The van der Waals surface area contributed by atoms with Crippen molar-refractivity contribution >= 4 is 17.2 Å². The summed E-state index contributed by atoms with van der Waals surface area (Å²) in [5, 5.41) is 0.871. The molecule has 7 heteroatoms. The Hall–Kier alpha value is -1.02. The average molecular weight is 244 g/mol. The highest BCUT2D eigenvalue weighted by Crippen LogP contribution is 2.20. The van der Waals surface area contributed by atoms with Gasteiger partial charge < -0.3 is 9.64 Å². The lowest BCUT2D eigenvalue weighted by molar-refractivity contribution is 0.0952. The molecule has 16 heavy (non-hydrogen) atoms. The summed E-state index contributed by atoms with van der Waals surface area (Å²) in [5.41, 5.74) is 2.74. The summed E-state index contributed by atoms with van der Waals surface area (Å²) >= 11 is 1.34. The predicted molar refractivity (Wildman–Crippen MR) is 61.9 cm³/mol. The number of thiazole rings is 1. The number of hydrazine groups is 1. The number of amides is 1. The number of nitrogens with zero attached hydrogens (tertiary/aromatic N) is 2. The summed E-state index contributed by atoms with van der Waals surface area (Å²) in [6.45, 7) is 1.01. The Morgan fingerprint density at radius 3 is 2.81 bits per heavy atom. The number of nitrogen functional groups attached to an aromatic ring is 1. The molecule has 0 bridgehead atoms. The zero-order chi connectivity index (χ0) is 12.1. The van der Waals surface area contributed by atoms with Gasteiger partial charge in [-0.25, -0.2) is 10.8 Å². The molecule has 0 spiro atoms. The Kier molecular flexibility index (Phi) is 4.81. The molecule has 0 aromatic carbocycles. The molecule has 0 unspecified atom stereocenters. The molecule has 6 nitrogen and oxygen atoms in total. The van der Waals surface area contributed by atoms with Gasteiger partial charge >= 0.3 is 0 Å². The van der Waals surface area contributed by atoms with Crippen molar-refractivity contribution in [2.45, 2.75) is 13.2 Å². The summed E-state index contributed by atoms with van der Waals surface area (Å²) in [6, 6.07) is 0. The minimum absolute atomic E-state index is 0.312. The summed E-state index contributed by atoms with van der Waals surface area (Å²) in [5.74, 6) is 4.78. The van der Waals surface area contributed by atoms with Gasteiger partial charge in [0.1, 0.15) is 9.88 Å². The van der Waals surface area contributed by atoms with Gasteiger partial charge in [-0.3, -0.25) is 10.2 Å². The van der Waals surface area contributed by atoms with E-state index in [1.165, 1.54) is 11.3 Å². The lowest BCUT2D eigenvalue weighted by Gasteiger charge is -2.04. The maximum atomic E-state index is 11.5. The third kappa shape index (κ3) is 3.24. The Morgan fingerprint density at radius 1 is 1.62 bits per heavy atom. The van der Waals surface area contributed by atoms with Gasteiger partial charge in [0.2, 0.25) is 0 Å². The van der Waals surface area contributed by atoms with Crippen LogP contribution in [0.5, 0.6) is 0 Å². The van der Waals surface area contributed by atoms with Crippen LogP contribution in [0.3, 0.4) is 0 Å². The zero-order valence-corrected chi connectivity index (χ0v) is 10.4. The molecule has 0 aliphatic heterocycles. The molecule has 0 aliphatic carbocycles. The molecule has 1 rings (SSSR count). The van der Waals surface area contributed by atoms with Crippen LogP contribution in [0.4, 0.5) is 0 Å². The van der Waals surface area contributed by atoms with E-state index in [-0.39, 0.29) is 5.91 Å². The topological polar surface area (TPSA) is 80.5 Å². The Labute approximate surface area is 98.4 Å². The molecule has 1 amide bonds. The zero-order valence-electron chi connectivity index (χ0n) is 9.61. The van der Waals surface area contributed by atoms with Crippen LogP contribution < -0.4 is 11.3 Å². The highest BCUT2D eigenvalue weighted by atomic mass is 32.1. The van der Waals surface area contributed by atoms with Crippen molar-refractivity contribution in [1.29, 1.82) is 0 Å². The monoisotopic (exact) mass is 244 g/mol. The van der Waals surface area contributed by atoms with Gasteiger partial charge in [0.25, 0.3) is 5.91 Å². The number of nitrogens with two attached hydrogens (primary N) is 1. The van der Waals surface area contributed by atoms with Crippen LogP contribution in [0.15, 0.2) is 0 Å². The molecule has 0 saturated carbocycles. The highest BCUT2D eigenvalue weighted by Gasteiger charge is 2.17. The van der Waals surface area contributed by atoms with Gasteiger partial charge in [0.05, 0.1) is 12.3 Å². The fourth-order valence-electron chi connectivity index (χ4n) is 1.22. The van der Waals surface area contributed by atoms with E-state index in [1.807, 2.05) is 19.0 Å². The van der Waals surface area contributed by atoms with Gasteiger partial charge in [-0.05, 0) is 14.1 Å². The first-order valence-corrected chi connectivity index (χ1v) is 5.53. The molecule has 90 valence electrons. The van der Waals surface area contributed by atoms with E-state index in [2.05, 4.69) is 10.4 Å². The number of carbonyl (C=O) groups is 1. The van der Waals surface area contributed by atoms with Crippen LogP contribution in [-0.4, -0.2) is 37.0 Å². The van der Waals surface area contributed by atoms with E-state index >= 15 is 0 Å². The molecular formula is C9H16N4O2S. The van der Waals surface area contributed by atoms with E-state index in [9.17, 15) is 4.79 Å². The number of aromatic nitrogens is 1. The number of nitrogens with one attached hydrogen (secondary N) is 1. The third-order valence-electron chi connectivity index (χ3n) is 1.81. The van der Waals surface area contributed by atoms with Crippen LogP contribution in [-0.2, 0) is 17.9 Å². The molecule has 1 aromatic rings. The van der Waals surface area contributed by atoms with Crippen LogP contribution >= 0.6 is 11.3 Å². The smallest absolute Gasteiger partial charge is 0.277 e. The molecule has 0 radical (unpaired) electrons. The fourth-order valence-corrected chi connectivity index (χ4v) is 2.30. The number of hydrogen-bond donors (Lipinski definition) is 2. The highest BCUT2D eigenvalue weighted by molar-refractivity contribution is 7.13. The van der Waals surface area contributed by atoms with Crippen LogP contribution in [0, 0.1) is 0 Å². The number of carbonyl (C=O) groups excluding carboxylic acids is 1. The Bertz CT molecular complexity index is 364. The first-order chi connectivity index (χ1) is 7.58. The largest absolute Gasteiger partial charge is 0.378 e. The summed E-state index contributed by atoms with van der Waals surface area (Å²) < 4.78 is 4.99. The van der Waals surface area contributed by atoms with Crippen molar-refractivity contribution in [2.24, 2.45) is 5.84 Å². The van der Waals surface area contributed by atoms with Crippen molar-refractivity contribution in [3.63, 3.8) is 0 Å². The molecule has 0 aliphatic rings. The van der Waals surface area contributed by atoms with Crippen molar-refractivity contribution < 1.29 is 9.53 Å². The lowest BCUT2D eigenvalue weighted by Crippen LogP contribution is -2.30. The minimum atomic E-state index is -0.324. The minimum Gasteiger partial charge on any atom is -0.378 e. The molecule has 0 fully saturated rings. The first kappa shape index (κ1) is 13.0. The number of rotatable bonds is 5. The fraction of sp³-hybridized carbons (Fsp3) is 0.556. The van der Waals surface area contributed by atoms with Gasteiger partial charge in [0.15, 0.2) is 0 Å². The first-order valence-electron chi connectivity index (χ1n) is 4.71. The SMILES string of the molecule is COCc1nc(CN(C)C)sc1C(=O)NN. The second kappa shape index (κ2) is 5.90. The van der Waals surface area contributed by atoms with Crippen LogP contribution in [0.2, 0.25) is 0 Å². The normalized spacial score (nSPS) is 10.8. The second-order valence-corrected chi connectivity index (χ2v) is 4.61. The molecule has 0 saturated heterocycles. The number of hydrogen-bond acceptors (Lipinski definition) is 6. The second-order valence-electron chi connectivity index (χ2n) is 3.53. The van der Waals surface area contributed by atoms with Gasteiger partial charge in [0, 0.05) is 13.7 Å². The van der Waals surface area contributed by atoms with E-state index in [0.29, 0.717) is 23.7 Å². The maximum absolute atomic E-state index is 11.5. The molecule has 1 aromatic heterocycles. The van der Waals surface area contributed by atoms with Gasteiger partial charge in [-0.2, -0.15) is 0 Å². The van der Waals surface area contributed by atoms with E-state index in [0.717, 1.165) is 5.01 Å². The number of methoxy groups -OCH3 is 1. The molecule has 3 N–H and O–H groups in total. The van der Waals surface area contributed by atoms with Crippen molar-refractivity contribution in [2.75, 3.05) is 21.2 Å². The van der Waals surface area contributed by atoms with E-state index < -0.39 is 0 Å². The Balaban J connectivity index is 2.95. The van der Waals surface area contributed by atoms with Crippen LogP contribution in [0.1, 0.15) is 20.4 Å². The predicted octanol–water partition coefficient (Wildman–Crippen LogP) is -0.0454. The molecule has 1 heterocycles. The van der Waals surface area contributed by atoms with Crippen molar-refractivity contribution in [3.05, 3.63) is 15.6 Å². The molecule has 0 atom stereocenters. The summed E-state index contributed by atoms with van der Waals surface area (Å²) in [7, 11) is 5.45. The summed E-state index contributed by atoms with van der Waals surface area (Å²) in [4.78, 5) is 18.3. The van der Waals surface area contributed by atoms with Crippen LogP contribution in [0.25, 0.3) is 0 Å².